The van der Waals surface area contributed by atoms with Crippen molar-refractivity contribution in [2.24, 2.45) is 0 Å². The topological polar surface area (TPSA) is 26.9 Å². The third-order valence-corrected chi connectivity index (χ3v) is 3.78. The zero-order valence-corrected chi connectivity index (χ0v) is 12.9. The minimum absolute atomic E-state index is 0.193. The van der Waals surface area contributed by atoms with Gasteiger partial charge < -0.3 is 0 Å². The second-order valence-electron chi connectivity index (χ2n) is 5.33. The van der Waals surface area contributed by atoms with E-state index in [9.17, 15) is 18.0 Å². The van der Waals surface area contributed by atoms with Crippen LogP contribution in [-0.4, -0.2) is 9.36 Å². The second kappa shape index (κ2) is 6.03. The molecule has 6 heteroatoms. The Kier molecular flexibility index (Phi) is 4.05. The van der Waals surface area contributed by atoms with Crippen LogP contribution in [0.1, 0.15) is 12.5 Å². The highest BCUT2D eigenvalue weighted by atomic mass is 19.4. The number of aromatic nitrogens is 2. The molecule has 0 saturated carbocycles. The number of rotatable bonds is 3. The number of hydrogen-bond acceptors (Lipinski definition) is 1. The first-order valence-electron chi connectivity index (χ1n) is 7.47. The molecule has 0 bridgehead atoms. The Morgan fingerprint density at radius 3 is 2.33 bits per heavy atom. The molecular formula is C18H15F3N2O. The van der Waals surface area contributed by atoms with Gasteiger partial charge >= 0.3 is 6.18 Å². The van der Waals surface area contributed by atoms with Gasteiger partial charge in [0.15, 0.2) is 0 Å². The van der Waals surface area contributed by atoms with E-state index in [-0.39, 0.29) is 11.2 Å². The maximum atomic E-state index is 12.9. The third kappa shape index (κ3) is 2.87. The summed E-state index contributed by atoms with van der Waals surface area (Å²) in [4.78, 5) is 12.8. The van der Waals surface area contributed by atoms with E-state index in [0.717, 1.165) is 17.7 Å². The maximum absolute atomic E-state index is 12.9. The lowest BCUT2D eigenvalue weighted by molar-refractivity contribution is -0.137. The van der Waals surface area contributed by atoms with Crippen LogP contribution in [0.15, 0.2) is 65.6 Å². The number of nitrogens with zero attached hydrogens (tertiary/aromatic N) is 2. The summed E-state index contributed by atoms with van der Waals surface area (Å²) >= 11 is 0. The Morgan fingerprint density at radius 1 is 1.00 bits per heavy atom. The van der Waals surface area contributed by atoms with Gasteiger partial charge in [0.25, 0.3) is 5.56 Å². The van der Waals surface area contributed by atoms with Crippen molar-refractivity contribution in [3.8, 4) is 16.8 Å². The van der Waals surface area contributed by atoms with Gasteiger partial charge in [0.05, 0.1) is 16.8 Å². The molecule has 1 aromatic heterocycles. The monoisotopic (exact) mass is 332 g/mol. The fourth-order valence-corrected chi connectivity index (χ4v) is 2.62. The van der Waals surface area contributed by atoms with E-state index < -0.39 is 11.7 Å². The van der Waals surface area contributed by atoms with Gasteiger partial charge in [-0.05, 0) is 30.7 Å². The molecule has 0 fully saturated rings. The normalized spacial score (nSPS) is 11.7. The lowest BCUT2D eigenvalue weighted by Crippen LogP contribution is -2.21. The molecule has 0 saturated heterocycles. The molecular weight excluding hydrogens is 317 g/mol. The van der Waals surface area contributed by atoms with Crippen LogP contribution in [-0.2, 0) is 12.7 Å². The largest absolute Gasteiger partial charge is 0.416 e. The molecule has 3 aromatic rings. The summed E-state index contributed by atoms with van der Waals surface area (Å²) in [5.41, 5.74) is 0.253. The number of benzene rings is 2. The van der Waals surface area contributed by atoms with E-state index in [1.807, 2.05) is 25.1 Å². The first-order chi connectivity index (χ1) is 11.4. The molecule has 0 amide bonds. The van der Waals surface area contributed by atoms with E-state index in [4.69, 9.17) is 0 Å². The molecule has 124 valence electrons. The average molecular weight is 332 g/mol. The minimum Gasteiger partial charge on any atom is -0.285 e. The molecule has 0 N–H and O–H groups in total. The lowest BCUT2D eigenvalue weighted by Gasteiger charge is -2.12. The molecule has 1 heterocycles. The minimum atomic E-state index is -4.45. The van der Waals surface area contributed by atoms with Crippen LogP contribution in [0.5, 0.6) is 0 Å². The fraction of sp³-hybridized carbons (Fsp3) is 0.167. The first kappa shape index (κ1) is 16.1. The number of aryl methyl sites for hydroxylation is 1. The smallest absolute Gasteiger partial charge is 0.285 e. The molecule has 0 atom stereocenters. The molecule has 0 aliphatic carbocycles. The van der Waals surface area contributed by atoms with Crippen molar-refractivity contribution < 1.29 is 13.2 Å². The first-order valence-corrected chi connectivity index (χ1v) is 7.47. The van der Waals surface area contributed by atoms with Crippen molar-refractivity contribution in [3.05, 3.63) is 76.7 Å². The summed E-state index contributed by atoms with van der Waals surface area (Å²) in [6.45, 7) is 2.29. The van der Waals surface area contributed by atoms with Crippen molar-refractivity contribution in [3.63, 3.8) is 0 Å². The summed E-state index contributed by atoms with van der Waals surface area (Å²) in [5, 5.41) is 0. The quantitative estimate of drug-likeness (QED) is 0.701. The Labute approximate surface area is 136 Å². The zero-order valence-electron chi connectivity index (χ0n) is 12.9. The molecule has 0 aliphatic rings. The maximum Gasteiger partial charge on any atom is 0.416 e. The van der Waals surface area contributed by atoms with E-state index >= 15 is 0 Å². The molecule has 24 heavy (non-hydrogen) atoms. The summed E-state index contributed by atoms with van der Waals surface area (Å²) < 4.78 is 41.7. The van der Waals surface area contributed by atoms with Gasteiger partial charge in [-0.25, -0.2) is 4.68 Å². The Balaban J connectivity index is 2.19. The highest BCUT2D eigenvalue weighted by molar-refractivity contribution is 5.62. The highest BCUT2D eigenvalue weighted by Crippen LogP contribution is 2.30. The molecule has 0 unspecified atom stereocenters. The second-order valence-corrected chi connectivity index (χ2v) is 5.33. The number of alkyl halides is 3. The van der Waals surface area contributed by atoms with Gasteiger partial charge in [-0.3, -0.25) is 9.48 Å². The van der Waals surface area contributed by atoms with Gasteiger partial charge in [0.1, 0.15) is 0 Å². The van der Waals surface area contributed by atoms with Gasteiger partial charge in [-0.15, -0.1) is 0 Å². The van der Waals surface area contributed by atoms with Crippen LogP contribution in [0.4, 0.5) is 13.2 Å². The van der Waals surface area contributed by atoms with Gasteiger partial charge in [0, 0.05) is 12.7 Å². The van der Waals surface area contributed by atoms with Crippen molar-refractivity contribution in [1.29, 1.82) is 0 Å². The highest BCUT2D eigenvalue weighted by Gasteiger charge is 2.30. The van der Waals surface area contributed by atoms with E-state index in [0.29, 0.717) is 12.1 Å². The molecule has 3 rings (SSSR count). The Morgan fingerprint density at radius 2 is 1.71 bits per heavy atom. The zero-order chi connectivity index (χ0) is 17.3. The Bertz CT molecular complexity index is 908. The van der Waals surface area contributed by atoms with Crippen molar-refractivity contribution in [1.82, 2.24) is 9.36 Å². The fourth-order valence-electron chi connectivity index (χ4n) is 2.62. The predicted octanol–water partition coefficient (Wildman–Crippen LogP) is 4.34. The number of hydrogen-bond donors (Lipinski definition) is 0. The molecule has 3 nitrogen and oxygen atoms in total. The predicted molar refractivity (Wildman–Crippen MR) is 86.1 cm³/mol. The summed E-state index contributed by atoms with van der Waals surface area (Å²) in [6, 6.07) is 13.8. The average Bonchev–Trinajstić information content (AvgIpc) is 2.91. The Hall–Kier alpha value is -2.76. The summed E-state index contributed by atoms with van der Waals surface area (Å²) in [7, 11) is 0. The van der Waals surface area contributed by atoms with Gasteiger partial charge in [0.2, 0.25) is 0 Å². The van der Waals surface area contributed by atoms with Crippen LogP contribution in [0.3, 0.4) is 0 Å². The summed E-state index contributed by atoms with van der Waals surface area (Å²) in [5.74, 6) is 0. The molecule has 0 aliphatic heterocycles. The molecule has 2 aromatic carbocycles. The van der Waals surface area contributed by atoms with E-state index in [1.165, 1.54) is 16.8 Å². The van der Waals surface area contributed by atoms with Gasteiger partial charge in [-0.2, -0.15) is 13.2 Å². The lowest BCUT2D eigenvalue weighted by atomic mass is 10.1. The van der Waals surface area contributed by atoms with Crippen molar-refractivity contribution >= 4 is 0 Å². The van der Waals surface area contributed by atoms with Crippen LogP contribution in [0.25, 0.3) is 16.8 Å². The SMILES string of the molecule is CCn1cc(-c2ccccc2)c(=O)n1-c1cccc(C(F)(F)F)c1. The molecule has 0 radical (unpaired) electrons. The standard InChI is InChI=1S/C18H15F3N2O/c1-2-22-12-16(13-7-4-3-5-8-13)17(24)23(22)15-10-6-9-14(11-15)18(19,20)21/h3-12H,2H2,1H3. The van der Waals surface area contributed by atoms with Crippen LogP contribution >= 0.6 is 0 Å². The number of halogens is 3. The van der Waals surface area contributed by atoms with Crippen LogP contribution in [0, 0.1) is 0 Å². The van der Waals surface area contributed by atoms with Crippen LogP contribution in [0.2, 0.25) is 0 Å². The van der Waals surface area contributed by atoms with E-state index in [2.05, 4.69) is 0 Å². The van der Waals surface area contributed by atoms with Gasteiger partial charge in [-0.1, -0.05) is 36.4 Å². The van der Waals surface area contributed by atoms with Crippen molar-refractivity contribution in [2.45, 2.75) is 19.6 Å². The van der Waals surface area contributed by atoms with Crippen molar-refractivity contribution in [2.75, 3.05) is 0 Å². The van der Waals surface area contributed by atoms with E-state index in [1.54, 1.807) is 23.0 Å². The molecule has 0 spiro atoms. The van der Waals surface area contributed by atoms with Crippen LogP contribution < -0.4 is 5.56 Å². The summed E-state index contributed by atoms with van der Waals surface area (Å²) in [6.07, 6.45) is -2.79. The third-order valence-electron chi connectivity index (χ3n) is 3.78.